The van der Waals surface area contributed by atoms with Crippen LogP contribution in [0.15, 0.2) is 12.2 Å². The molecule has 5 heteroatoms. The van der Waals surface area contributed by atoms with Crippen LogP contribution in [0, 0.1) is 5.92 Å². The van der Waals surface area contributed by atoms with E-state index in [0.29, 0.717) is 12.8 Å². The Morgan fingerprint density at radius 3 is 2.67 bits per heavy atom. The monoisotopic (exact) mass is 212 g/mol. The lowest BCUT2D eigenvalue weighted by molar-refractivity contribution is -0.142. The van der Waals surface area contributed by atoms with Crippen LogP contribution in [-0.4, -0.2) is 29.1 Å². The standard InChI is InChI=1S/C10H16N2O3/c1-2-8(10(14)15)12-9(13)6-3-4-7(11)5-6/h3-4,6-8H,2,5,11H2,1H3,(H,12,13)(H,14,15)/t6?,7?,8-/m1/s1. The minimum Gasteiger partial charge on any atom is -0.480 e. The predicted octanol–water partition coefficient (Wildman–Crippen LogP) is -0.131. The number of nitrogens with one attached hydrogen (secondary N) is 1. The number of carboxylic acid groups (broad SMARTS) is 1. The first kappa shape index (κ1) is 11.7. The van der Waals surface area contributed by atoms with Gasteiger partial charge in [0.1, 0.15) is 6.04 Å². The zero-order valence-electron chi connectivity index (χ0n) is 8.64. The minimum atomic E-state index is -1.00. The van der Waals surface area contributed by atoms with E-state index in [9.17, 15) is 9.59 Å². The highest BCUT2D eigenvalue weighted by molar-refractivity contribution is 5.86. The molecule has 4 N–H and O–H groups in total. The molecule has 0 aliphatic heterocycles. The topological polar surface area (TPSA) is 92.4 Å². The summed E-state index contributed by atoms with van der Waals surface area (Å²) in [7, 11) is 0. The van der Waals surface area contributed by atoms with Crippen molar-refractivity contribution in [2.45, 2.75) is 31.8 Å². The van der Waals surface area contributed by atoms with Gasteiger partial charge in [0.25, 0.3) is 0 Å². The Morgan fingerprint density at radius 2 is 2.27 bits per heavy atom. The van der Waals surface area contributed by atoms with Crippen LogP contribution in [0.4, 0.5) is 0 Å². The summed E-state index contributed by atoms with van der Waals surface area (Å²) in [4.78, 5) is 22.3. The average Bonchev–Trinajstić information content (AvgIpc) is 2.60. The van der Waals surface area contributed by atoms with Crippen molar-refractivity contribution in [2.75, 3.05) is 0 Å². The molecule has 1 aliphatic carbocycles. The quantitative estimate of drug-likeness (QED) is 0.566. The summed E-state index contributed by atoms with van der Waals surface area (Å²) in [6, 6.07) is -0.895. The van der Waals surface area contributed by atoms with Gasteiger partial charge in [-0.3, -0.25) is 4.79 Å². The highest BCUT2D eigenvalue weighted by atomic mass is 16.4. The maximum atomic E-state index is 11.6. The maximum Gasteiger partial charge on any atom is 0.326 e. The van der Waals surface area contributed by atoms with Crippen molar-refractivity contribution in [3.63, 3.8) is 0 Å². The molecule has 0 aromatic carbocycles. The molecule has 0 fully saturated rings. The number of carbonyl (C=O) groups is 2. The lowest BCUT2D eigenvalue weighted by Crippen LogP contribution is -2.43. The Bertz CT molecular complexity index is 288. The third-order valence-corrected chi connectivity index (χ3v) is 2.48. The zero-order chi connectivity index (χ0) is 11.4. The number of carboxylic acids is 1. The number of hydrogen-bond acceptors (Lipinski definition) is 3. The Kier molecular flexibility index (Phi) is 3.85. The van der Waals surface area contributed by atoms with Crippen molar-refractivity contribution in [1.29, 1.82) is 0 Å². The molecule has 0 bridgehead atoms. The summed E-state index contributed by atoms with van der Waals surface area (Å²) in [6.07, 6.45) is 4.44. The summed E-state index contributed by atoms with van der Waals surface area (Å²) in [6.45, 7) is 1.72. The molecular formula is C10H16N2O3. The highest BCUT2D eigenvalue weighted by Gasteiger charge is 2.26. The molecule has 0 spiro atoms. The van der Waals surface area contributed by atoms with Gasteiger partial charge in [-0.25, -0.2) is 4.79 Å². The Hall–Kier alpha value is -1.36. The van der Waals surface area contributed by atoms with Crippen LogP contribution in [0.1, 0.15) is 19.8 Å². The molecule has 1 rings (SSSR count). The highest BCUT2D eigenvalue weighted by Crippen LogP contribution is 2.16. The van der Waals surface area contributed by atoms with E-state index in [-0.39, 0.29) is 17.9 Å². The third-order valence-electron chi connectivity index (χ3n) is 2.48. The van der Waals surface area contributed by atoms with Crippen LogP contribution >= 0.6 is 0 Å². The molecule has 0 saturated heterocycles. The van der Waals surface area contributed by atoms with Gasteiger partial charge >= 0.3 is 5.97 Å². The SMILES string of the molecule is CC[C@@H](NC(=O)C1C=CC(N)C1)C(=O)O. The smallest absolute Gasteiger partial charge is 0.326 e. The lowest BCUT2D eigenvalue weighted by Gasteiger charge is -2.15. The van der Waals surface area contributed by atoms with Gasteiger partial charge in [-0.1, -0.05) is 19.1 Å². The summed E-state index contributed by atoms with van der Waals surface area (Å²) in [5.41, 5.74) is 5.60. The molecular weight excluding hydrogens is 196 g/mol. The fourth-order valence-corrected chi connectivity index (χ4v) is 1.54. The normalized spacial score (nSPS) is 26.3. The van der Waals surface area contributed by atoms with E-state index >= 15 is 0 Å². The van der Waals surface area contributed by atoms with E-state index in [2.05, 4.69) is 5.32 Å². The largest absolute Gasteiger partial charge is 0.480 e. The molecule has 1 aliphatic rings. The Labute approximate surface area is 88.3 Å². The van der Waals surface area contributed by atoms with Gasteiger partial charge in [0.15, 0.2) is 0 Å². The van der Waals surface area contributed by atoms with E-state index in [1.165, 1.54) is 0 Å². The van der Waals surface area contributed by atoms with E-state index in [0.717, 1.165) is 0 Å². The van der Waals surface area contributed by atoms with Crippen LogP contribution < -0.4 is 11.1 Å². The number of amides is 1. The zero-order valence-corrected chi connectivity index (χ0v) is 8.64. The summed E-state index contributed by atoms with van der Waals surface area (Å²) in [5.74, 6) is -1.54. The predicted molar refractivity (Wildman–Crippen MR) is 55.1 cm³/mol. The number of rotatable bonds is 4. The molecule has 84 valence electrons. The van der Waals surface area contributed by atoms with Crippen LogP contribution in [0.25, 0.3) is 0 Å². The van der Waals surface area contributed by atoms with Crippen LogP contribution in [0.2, 0.25) is 0 Å². The maximum absolute atomic E-state index is 11.6. The van der Waals surface area contributed by atoms with Gasteiger partial charge in [0.05, 0.1) is 5.92 Å². The number of nitrogens with two attached hydrogens (primary N) is 1. The van der Waals surface area contributed by atoms with E-state index in [4.69, 9.17) is 10.8 Å². The van der Waals surface area contributed by atoms with Crippen LogP contribution in [0.5, 0.6) is 0 Å². The minimum absolute atomic E-state index is 0.0920. The van der Waals surface area contributed by atoms with Gasteiger partial charge in [0.2, 0.25) is 5.91 Å². The second kappa shape index (κ2) is 4.93. The fraction of sp³-hybridized carbons (Fsp3) is 0.600. The van der Waals surface area contributed by atoms with E-state index < -0.39 is 12.0 Å². The summed E-state index contributed by atoms with van der Waals surface area (Å²) in [5, 5.41) is 11.2. The fourth-order valence-electron chi connectivity index (χ4n) is 1.54. The van der Waals surface area contributed by atoms with Crippen molar-refractivity contribution >= 4 is 11.9 Å². The third kappa shape index (κ3) is 3.06. The van der Waals surface area contributed by atoms with Crippen molar-refractivity contribution in [2.24, 2.45) is 11.7 Å². The van der Waals surface area contributed by atoms with Gasteiger partial charge in [-0.15, -0.1) is 0 Å². The second-order valence-corrected chi connectivity index (χ2v) is 3.70. The Balaban J connectivity index is 2.48. The molecule has 3 atom stereocenters. The van der Waals surface area contributed by atoms with Crippen molar-refractivity contribution in [3.05, 3.63) is 12.2 Å². The average molecular weight is 212 g/mol. The molecule has 0 saturated carbocycles. The van der Waals surface area contributed by atoms with Gasteiger partial charge in [-0.2, -0.15) is 0 Å². The molecule has 2 unspecified atom stereocenters. The van der Waals surface area contributed by atoms with Crippen molar-refractivity contribution < 1.29 is 14.7 Å². The first-order chi connectivity index (χ1) is 7.04. The summed E-state index contributed by atoms with van der Waals surface area (Å²) >= 11 is 0. The molecule has 1 amide bonds. The van der Waals surface area contributed by atoms with Gasteiger partial charge < -0.3 is 16.2 Å². The van der Waals surface area contributed by atoms with Gasteiger partial charge in [-0.05, 0) is 12.8 Å². The molecule has 0 heterocycles. The number of hydrogen-bond donors (Lipinski definition) is 3. The summed E-state index contributed by atoms with van der Waals surface area (Å²) < 4.78 is 0. The molecule has 0 aromatic rings. The van der Waals surface area contributed by atoms with Gasteiger partial charge in [0, 0.05) is 6.04 Å². The first-order valence-electron chi connectivity index (χ1n) is 5.01. The molecule has 0 radical (unpaired) electrons. The second-order valence-electron chi connectivity index (χ2n) is 3.70. The van der Waals surface area contributed by atoms with E-state index in [1.807, 2.05) is 0 Å². The molecule has 5 nitrogen and oxygen atoms in total. The lowest BCUT2D eigenvalue weighted by atomic mass is 10.1. The Morgan fingerprint density at radius 1 is 1.60 bits per heavy atom. The first-order valence-corrected chi connectivity index (χ1v) is 5.01. The molecule has 15 heavy (non-hydrogen) atoms. The number of carbonyl (C=O) groups excluding carboxylic acids is 1. The van der Waals surface area contributed by atoms with Crippen LogP contribution in [-0.2, 0) is 9.59 Å². The number of aliphatic carboxylic acids is 1. The molecule has 0 aromatic heterocycles. The van der Waals surface area contributed by atoms with Crippen molar-refractivity contribution in [3.8, 4) is 0 Å². The van der Waals surface area contributed by atoms with Crippen molar-refractivity contribution in [1.82, 2.24) is 5.32 Å². The van der Waals surface area contributed by atoms with E-state index in [1.54, 1.807) is 19.1 Å². The van der Waals surface area contributed by atoms with Crippen LogP contribution in [0.3, 0.4) is 0 Å².